The van der Waals surface area contributed by atoms with Gasteiger partial charge in [-0.2, -0.15) is 13.2 Å². The highest BCUT2D eigenvalue weighted by Crippen LogP contribution is 2.41. The third-order valence-electron chi connectivity index (χ3n) is 3.71. The zero-order chi connectivity index (χ0) is 15.6. The largest absolute Gasteiger partial charge is 0.392 e. The molecule has 0 saturated heterocycles. The van der Waals surface area contributed by atoms with Gasteiger partial charge in [0.1, 0.15) is 5.82 Å². The highest BCUT2D eigenvalue weighted by Gasteiger charge is 2.48. The fourth-order valence-electron chi connectivity index (χ4n) is 2.65. The number of amides is 1. The van der Waals surface area contributed by atoms with E-state index in [9.17, 15) is 22.4 Å². The van der Waals surface area contributed by atoms with Gasteiger partial charge in [-0.15, -0.1) is 0 Å². The van der Waals surface area contributed by atoms with E-state index >= 15 is 0 Å². The van der Waals surface area contributed by atoms with Gasteiger partial charge in [0.2, 0.25) is 5.91 Å². The van der Waals surface area contributed by atoms with Gasteiger partial charge in [-0.05, 0) is 47.0 Å². The number of anilines is 1. The lowest BCUT2D eigenvalue weighted by Gasteiger charge is -2.32. The summed E-state index contributed by atoms with van der Waals surface area (Å²) in [6.07, 6.45) is -3.08. The Balaban J connectivity index is 2.12. The number of hydrogen-bond donors (Lipinski definition) is 1. The third kappa shape index (κ3) is 3.96. The second-order valence-electron chi connectivity index (χ2n) is 5.16. The summed E-state index contributed by atoms with van der Waals surface area (Å²) < 4.78 is 52.2. The molecule has 0 radical (unpaired) electrons. The van der Waals surface area contributed by atoms with Crippen molar-refractivity contribution in [3.05, 3.63) is 28.5 Å². The van der Waals surface area contributed by atoms with Crippen molar-refractivity contribution in [1.29, 1.82) is 0 Å². The van der Waals surface area contributed by atoms with E-state index in [1.807, 2.05) is 0 Å². The molecule has 7 heteroatoms. The van der Waals surface area contributed by atoms with Crippen molar-refractivity contribution in [3.8, 4) is 0 Å². The van der Waals surface area contributed by atoms with E-state index in [0.717, 1.165) is 6.07 Å². The van der Waals surface area contributed by atoms with Crippen molar-refractivity contribution in [3.63, 3.8) is 0 Å². The van der Waals surface area contributed by atoms with Crippen LogP contribution in [0.5, 0.6) is 0 Å². The van der Waals surface area contributed by atoms with Crippen LogP contribution in [-0.4, -0.2) is 12.1 Å². The highest BCUT2D eigenvalue weighted by atomic mass is 79.9. The van der Waals surface area contributed by atoms with Crippen LogP contribution in [0, 0.1) is 17.7 Å². The van der Waals surface area contributed by atoms with E-state index in [1.54, 1.807) is 0 Å². The average Bonchev–Trinajstić information content (AvgIpc) is 2.42. The molecule has 2 atom stereocenters. The molecule has 116 valence electrons. The van der Waals surface area contributed by atoms with Crippen molar-refractivity contribution in [1.82, 2.24) is 0 Å². The Morgan fingerprint density at radius 2 is 1.90 bits per heavy atom. The molecular formula is C14H14BrF4NO. The van der Waals surface area contributed by atoms with Crippen molar-refractivity contribution < 1.29 is 22.4 Å². The van der Waals surface area contributed by atoms with Gasteiger partial charge in [0.15, 0.2) is 0 Å². The first kappa shape index (κ1) is 16.3. The molecule has 1 aromatic rings. The van der Waals surface area contributed by atoms with E-state index in [0.29, 0.717) is 12.8 Å². The summed E-state index contributed by atoms with van der Waals surface area (Å²) >= 11 is 2.97. The molecule has 0 heterocycles. The molecule has 1 aromatic carbocycles. The van der Waals surface area contributed by atoms with Crippen molar-refractivity contribution in [2.24, 2.45) is 11.8 Å². The fraction of sp³-hybridized carbons (Fsp3) is 0.500. The number of carbonyl (C=O) groups excluding carboxylic acids is 1. The summed E-state index contributed by atoms with van der Waals surface area (Å²) in [5.41, 5.74) is 0.278. The van der Waals surface area contributed by atoms with Crippen LogP contribution in [0.4, 0.5) is 23.2 Å². The number of hydrogen-bond acceptors (Lipinski definition) is 1. The van der Waals surface area contributed by atoms with Gasteiger partial charge < -0.3 is 5.32 Å². The average molecular weight is 368 g/mol. The molecule has 1 amide bonds. The molecule has 21 heavy (non-hydrogen) atoms. The van der Waals surface area contributed by atoms with Crippen molar-refractivity contribution in [2.45, 2.75) is 31.9 Å². The fourth-order valence-corrected chi connectivity index (χ4v) is 3.02. The predicted octanol–water partition coefficient (Wildman–Crippen LogP) is 4.90. The van der Waals surface area contributed by atoms with Crippen LogP contribution in [0.15, 0.2) is 22.7 Å². The van der Waals surface area contributed by atoms with Crippen LogP contribution >= 0.6 is 15.9 Å². The number of nitrogens with one attached hydrogen (secondary N) is 1. The van der Waals surface area contributed by atoms with Gasteiger partial charge in [0.05, 0.1) is 10.4 Å². The Morgan fingerprint density at radius 1 is 1.24 bits per heavy atom. The Bertz CT molecular complexity index is 532. The number of alkyl halides is 3. The molecule has 1 saturated carbocycles. The molecule has 1 aliphatic rings. The van der Waals surface area contributed by atoms with Crippen LogP contribution in [0.3, 0.4) is 0 Å². The molecule has 2 unspecified atom stereocenters. The molecule has 0 spiro atoms. The summed E-state index contributed by atoms with van der Waals surface area (Å²) in [4.78, 5) is 12.1. The summed E-state index contributed by atoms with van der Waals surface area (Å²) in [7, 11) is 0. The second-order valence-corrected chi connectivity index (χ2v) is 6.01. The molecule has 2 rings (SSSR count). The van der Waals surface area contributed by atoms with Crippen LogP contribution in [0.1, 0.15) is 25.7 Å². The Kier molecular flexibility index (Phi) is 4.91. The normalized spacial score (nSPS) is 22.9. The summed E-state index contributed by atoms with van der Waals surface area (Å²) in [5.74, 6) is -3.84. The van der Waals surface area contributed by atoms with Gasteiger partial charge in [-0.25, -0.2) is 4.39 Å². The summed E-state index contributed by atoms with van der Waals surface area (Å²) in [6.45, 7) is 0. The quantitative estimate of drug-likeness (QED) is 0.740. The third-order valence-corrected chi connectivity index (χ3v) is 4.32. The van der Waals surface area contributed by atoms with Crippen molar-refractivity contribution in [2.75, 3.05) is 5.32 Å². The summed E-state index contributed by atoms with van der Waals surface area (Å²) in [6, 6.07) is 3.80. The van der Waals surface area contributed by atoms with Crippen LogP contribution in [-0.2, 0) is 4.79 Å². The van der Waals surface area contributed by atoms with E-state index in [1.165, 1.54) is 12.1 Å². The SMILES string of the molecule is O=C(Nc1ccc(F)c(Br)c1)C1CCCCC1C(F)(F)F. The zero-order valence-electron chi connectivity index (χ0n) is 11.0. The maximum absolute atomic E-state index is 13.1. The minimum atomic E-state index is -4.37. The topological polar surface area (TPSA) is 29.1 Å². The van der Waals surface area contributed by atoms with Crippen LogP contribution in [0.2, 0.25) is 0 Å². The van der Waals surface area contributed by atoms with Gasteiger partial charge in [-0.3, -0.25) is 4.79 Å². The monoisotopic (exact) mass is 367 g/mol. The Morgan fingerprint density at radius 3 is 2.52 bits per heavy atom. The van der Waals surface area contributed by atoms with E-state index in [-0.39, 0.29) is 23.0 Å². The minimum Gasteiger partial charge on any atom is -0.326 e. The van der Waals surface area contributed by atoms with E-state index in [4.69, 9.17) is 0 Å². The Hall–Kier alpha value is -1.11. The van der Waals surface area contributed by atoms with Gasteiger partial charge in [0, 0.05) is 11.6 Å². The van der Waals surface area contributed by atoms with Gasteiger partial charge >= 0.3 is 6.18 Å². The van der Waals surface area contributed by atoms with Crippen molar-refractivity contribution >= 4 is 27.5 Å². The number of rotatable bonds is 2. The van der Waals surface area contributed by atoms with Gasteiger partial charge in [-0.1, -0.05) is 12.8 Å². The number of benzene rings is 1. The first-order valence-electron chi connectivity index (χ1n) is 6.61. The molecule has 1 N–H and O–H groups in total. The molecule has 1 aliphatic carbocycles. The first-order valence-corrected chi connectivity index (χ1v) is 7.41. The first-order chi connectivity index (χ1) is 9.79. The maximum Gasteiger partial charge on any atom is 0.392 e. The lowest BCUT2D eigenvalue weighted by atomic mass is 9.78. The number of halogens is 5. The van der Waals surface area contributed by atoms with Crippen LogP contribution < -0.4 is 5.32 Å². The molecule has 0 bridgehead atoms. The minimum absolute atomic E-state index is 0.0191. The van der Waals surface area contributed by atoms with E-state index in [2.05, 4.69) is 21.2 Å². The number of carbonyl (C=O) groups is 1. The second kappa shape index (κ2) is 6.34. The predicted molar refractivity (Wildman–Crippen MR) is 74.2 cm³/mol. The Labute approximate surface area is 128 Å². The molecule has 0 aliphatic heterocycles. The molecule has 2 nitrogen and oxygen atoms in total. The summed E-state index contributed by atoms with van der Waals surface area (Å²) in [5, 5.41) is 2.45. The smallest absolute Gasteiger partial charge is 0.326 e. The maximum atomic E-state index is 13.1. The molecule has 1 fully saturated rings. The zero-order valence-corrected chi connectivity index (χ0v) is 12.6. The molecular weight excluding hydrogens is 354 g/mol. The van der Waals surface area contributed by atoms with Crippen LogP contribution in [0.25, 0.3) is 0 Å². The highest BCUT2D eigenvalue weighted by molar-refractivity contribution is 9.10. The standard InChI is InChI=1S/C14H14BrF4NO/c15-11-7-8(5-6-12(11)16)20-13(21)9-3-1-2-4-10(9)14(17,18)19/h5-7,9-10H,1-4H2,(H,20,21). The van der Waals surface area contributed by atoms with E-state index < -0.39 is 29.7 Å². The lowest BCUT2D eigenvalue weighted by Crippen LogP contribution is -2.39. The lowest BCUT2D eigenvalue weighted by molar-refractivity contribution is -0.197. The van der Waals surface area contributed by atoms with Gasteiger partial charge in [0.25, 0.3) is 0 Å². The molecule has 0 aromatic heterocycles.